The van der Waals surface area contributed by atoms with Crippen LogP contribution in [0, 0.1) is 5.92 Å². The molecule has 1 amide bonds. The highest BCUT2D eigenvalue weighted by atomic mass is 16.2. The fourth-order valence-electron chi connectivity index (χ4n) is 3.72. The van der Waals surface area contributed by atoms with E-state index in [9.17, 15) is 9.59 Å². The van der Waals surface area contributed by atoms with Gasteiger partial charge in [-0.2, -0.15) is 5.10 Å². The Balaban J connectivity index is 1.38. The lowest BCUT2D eigenvalue weighted by Crippen LogP contribution is -2.43. The minimum atomic E-state index is -0.141. The zero-order chi connectivity index (χ0) is 20.8. The second-order valence-electron chi connectivity index (χ2n) is 7.52. The molecule has 1 saturated heterocycles. The molecule has 7 heteroatoms. The SMILES string of the molecule is O=C(NCc1ccccn1)[C@@H]1CCCN(c2cnn(Cc3ccccc3)c(=O)c2)C1. The van der Waals surface area contributed by atoms with Crippen LogP contribution in [0.4, 0.5) is 5.69 Å². The molecule has 0 aliphatic carbocycles. The molecule has 0 bridgehead atoms. The number of hydrogen-bond donors (Lipinski definition) is 1. The third kappa shape index (κ3) is 4.92. The van der Waals surface area contributed by atoms with Gasteiger partial charge in [0.25, 0.3) is 5.56 Å². The highest BCUT2D eigenvalue weighted by Crippen LogP contribution is 2.22. The smallest absolute Gasteiger partial charge is 0.269 e. The van der Waals surface area contributed by atoms with Crippen molar-refractivity contribution in [3.05, 3.63) is 88.6 Å². The Morgan fingerprint density at radius 2 is 1.97 bits per heavy atom. The molecule has 1 aliphatic heterocycles. The minimum Gasteiger partial charge on any atom is -0.369 e. The minimum absolute atomic E-state index is 0.0238. The molecule has 7 nitrogen and oxygen atoms in total. The third-order valence-corrected chi connectivity index (χ3v) is 5.36. The summed E-state index contributed by atoms with van der Waals surface area (Å²) in [4.78, 5) is 31.5. The van der Waals surface area contributed by atoms with Crippen LogP contribution in [0.1, 0.15) is 24.1 Å². The van der Waals surface area contributed by atoms with Crippen molar-refractivity contribution in [2.75, 3.05) is 18.0 Å². The zero-order valence-corrected chi connectivity index (χ0v) is 16.8. The van der Waals surface area contributed by atoms with Gasteiger partial charge in [-0.25, -0.2) is 4.68 Å². The van der Waals surface area contributed by atoms with Crippen molar-refractivity contribution in [2.45, 2.75) is 25.9 Å². The van der Waals surface area contributed by atoms with Crippen LogP contribution in [0.25, 0.3) is 0 Å². The number of carbonyl (C=O) groups excluding carboxylic acids is 1. The summed E-state index contributed by atoms with van der Waals surface area (Å²) in [5.41, 5.74) is 2.50. The van der Waals surface area contributed by atoms with E-state index in [0.717, 1.165) is 36.3 Å². The molecule has 1 aromatic carbocycles. The Morgan fingerprint density at radius 3 is 2.73 bits per heavy atom. The third-order valence-electron chi connectivity index (χ3n) is 5.36. The number of rotatable bonds is 6. The number of anilines is 1. The highest BCUT2D eigenvalue weighted by molar-refractivity contribution is 5.79. The van der Waals surface area contributed by atoms with Crippen LogP contribution < -0.4 is 15.8 Å². The molecule has 1 atom stereocenters. The number of carbonyl (C=O) groups is 1. The molecule has 0 saturated carbocycles. The first kappa shape index (κ1) is 19.8. The van der Waals surface area contributed by atoms with Crippen molar-refractivity contribution in [1.82, 2.24) is 20.1 Å². The van der Waals surface area contributed by atoms with Gasteiger partial charge < -0.3 is 10.2 Å². The van der Waals surface area contributed by atoms with Gasteiger partial charge in [-0.15, -0.1) is 0 Å². The van der Waals surface area contributed by atoms with Gasteiger partial charge in [0, 0.05) is 25.4 Å². The maximum Gasteiger partial charge on any atom is 0.269 e. The maximum atomic E-state index is 12.6. The molecule has 2 aromatic heterocycles. The number of hydrogen-bond acceptors (Lipinski definition) is 5. The van der Waals surface area contributed by atoms with Crippen LogP contribution in [-0.4, -0.2) is 33.8 Å². The number of benzene rings is 1. The average Bonchev–Trinajstić information content (AvgIpc) is 2.80. The van der Waals surface area contributed by atoms with Crippen LogP contribution in [-0.2, 0) is 17.9 Å². The van der Waals surface area contributed by atoms with Crippen LogP contribution in [0.5, 0.6) is 0 Å². The number of nitrogens with zero attached hydrogens (tertiary/aromatic N) is 4. The molecule has 3 heterocycles. The Hall–Kier alpha value is -3.48. The van der Waals surface area contributed by atoms with E-state index in [-0.39, 0.29) is 17.4 Å². The van der Waals surface area contributed by atoms with Crippen LogP contribution >= 0.6 is 0 Å². The van der Waals surface area contributed by atoms with E-state index in [0.29, 0.717) is 19.6 Å². The summed E-state index contributed by atoms with van der Waals surface area (Å²) in [5, 5.41) is 7.33. The van der Waals surface area contributed by atoms with E-state index in [1.54, 1.807) is 18.5 Å². The molecule has 1 fully saturated rings. The van der Waals surface area contributed by atoms with E-state index >= 15 is 0 Å². The lowest BCUT2D eigenvalue weighted by molar-refractivity contribution is -0.125. The van der Waals surface area contributed by atoms with Gasteiger partial charge in [0.15, 0.2) is 0 Å². The molecule has 1 aliphatic rings. The fourth-order valence-corrected chi connectivity index (χ4v) is 3.72. The standard InChI is InChI=1S/C23H25N5O2/c29-22-13-21(15-26-28(22)16-18-7-2-1-3-8-18)27-12-6-9-19(17-27)23(30)25-14-20-10-4-5-11-24-20/h1-5,7-8,10-11,13,15,19H,6,9,12,14,16-17H2,(H,25,30)/t19-/m1/s1. The molecule has 1 N–H and O–H groups in total. The van der Waals surface area contributed by atoms with Crippen molar-refractivity contribution in [3.63, 3.8) is 0 Å². The van der Waals surface area contributed by atoms with Gasteiger partial charge in [-0.1, -0.05) is 36.4 Å². The predicted octanol–water partition coefficient (Wildman–Crippen LogP) is 2.22. The molecule has 4 rings (SSSR count). The second-order valence-corrected chi connectivity index (χ2v) is 7.52. The van der Waals surface area contributed by atoms with Crippen LogP contribution in [0.15, 0.2) is 71.8 Å². The molecule has 30 heavy (non-hydrogen) atoms. The van der Waals surface area contributed by atoms with E-state index in [1.807, 2.05) is 48.5 Å². The molecule has 3 aromatic rings. The zero-order valence-electron chi connectivity index (χ0n) is 16.8. The number of amides is 1. The van der Waals surface area contributed by atoms with Crippen molar-refractivity contribution >= 4 is 11.6 Å². The Bertz CT molecular complexity index is 1040. The van der Waals surface area contributed by atoms with Crippen molar-refractivity contribution < 1.29 is 4.79 Å². The molecular weight excluding hydrogens is 378 g/mol. The highest BCUT2D eigenvalue weighted by Gasteiger charge is 2.26. The largest absolute Gasteiger partial charge is 0.369 e. The molecule has 154 valence electrons. The molecule has 0 unspecified atom stereocenters. The lowest BCUT2D eigenvalue weighted by atomic mass is 9.97. The normalized spacial score (nSPS) is 16.3. The van der Waals surface area contributed by atoms with Gasteiger partial charge in [0.1, 0.15) is 0 Å². The average molecular weight is 403 g/mol. The Morgan fingerprint density at radius 1 is 1.13 bits per heavy atom. The number of nitrogens with one attached hydrogen (secondary N) is 1. The van der Waals surface area contributed by atoms with Crippen LogP contribution in [0.3, 0.4) is 0 Å². The summed E-state index contributed by atoms with van der Waals surface area (Å²) in [6.07, 6.45) is 5.17. The van der Waals surface area contributed by atoms with Crippen molar-refractivity contribution in [2.24, 2.45) is 5.92 Å². The number of piperidine rings is 1. The van der Waals surface area contributed by atoms with E-state index < -0.39 is 0 Å². The summed E-state index contributed by atoms with van der Waals surface area (Å²) < 4.78 is 1.46. The van der Waals surface area contributed by atoms with Gasteiger partial charge in [0.05, 0.1) is 36.6 Å². The molecular formula is C23H25N5O2. The summed E-state index contributed by atoms with van der Waals surface area (Å²) in [6, 6.07) is 17.1. The summed E-state index contributed by atoms with van der Waals surface area (Å²) in [7, 11) is 0. The maximum absolute atomic E-state index is 12.6. The molecule has 0 radical (unpaired) electrons. The van der Waals surface area contributed by atoms with Crippen LogP contribution in [0.2, 0.25) is 0 Å². The van der Waals surface area contributed by atoms with E-state index in [2.05, 4.69) is 20.3 Å². The Labute approximate surface area is 175 Å². The fraction of sp³-hybridized carbons (Fsp3) is 0.304. The summed E-state index contributed by atoms with van der Waals surface area (Å²) >= 11 is 0. The number of pyridine rings is 1. The number of aromatic nitrogens is 3. The van der Waals surface area contributed by atoms with Crippen molar-refractivity contribution in [3.8, 4) is 0 Å². The van der Waals surface area contributed by atoms with Gasteiger partial charge in [0.2, 0.25) is 5.91 Å². The van der Waals surface area contributed by atoms with Crippen molar-refractivity contribution in [1.29, 1.82) is 0 Å². The first-order valence-electron chi connectivity index (χ1n) is 10.2. The quantitative estimate of drug-likeness (QED) is 0.683. The van der Waals surface area contributed by atoms with Gasteiger partial charge in [-0.3, -0.25) is 14.6 Å². The predicted molar refractivity (Wildman–Crippen MR) is 115 cm³/mol. The summed E-state index contributed by atoms with van der Waals surface area (Å²) in [6.45, 7) is 2.26. The Kier molecular flexibility index (Phi) is 6.17. The first-order valence-corrected chi connectivity index (χ1v) is 10.2. The lowest BCUT2D eigenvalue weighted by Gasteiger charge is -2.33. The van der Waals surface area contributed by atoms with E-state index in [1.165, 1.54) is 4.68 Å². The van der Waals surface area contributed by atoms with E-state index in [4.69, 9.17) is 0 Å². The first-order chi connectivity index (χ1) is 14.7. The molecule has 0 spiro atoms. The topological polar surface area (TPSA) is 80.1 Å². The van der Waals surface area contributed by atoms with Gasteiger partial charge in [-0.05, 0) is 30.5 Å². The second kappa shape index (κ2) is 9.35. The monoisotopic (exact) mass is 403 g/mol. The van der Waals surface area contributed by atoms with Gasteiger partial charge >= 0.3 is 0 Å². The summed E-state index contributed by atoms with van der Waals surface area (Å²) in [5.74, 6) is -0.0926.